The Hall–Kier alpha value is -1.16. The lowest BCUT2D eigenvalue weighted by atomic mass is 10.3. The van der Waals surface area contributed by atoms with Crippen molar-refractivity contribution in [1.29, 1.82) is 0 Å². The van der Waals surface area contributed by atoms with Gasteiger partial charge in [-0.05, 0) is 24.3 Å². The molecule has 0 saturated carbocycles. The first-order chi connectivity index (χ1) is 8.02. The van der Waals surface area contributed by atoms with Crippen molar-refractivity contribution in [1.82, 2.24) is 4.98 Å². The molecule has 17 heavy (non-hydrogen) atoms. The molecule has 0 aliphatic rings. The maximum absolute atomic E-state index is 5.88. The molecule has 0 aliphatic carbocycles. The van der Waals surface area contributed by atoms with Crippen LogP contribution in [0.2, 0.25) is 15.2 Å². The highest BCUT2D eigenvalue weighted by atomic mass is 35.5. The van der Waals surface area contributed by atoms with E-state index in [9.17, 15) is 0 Å². The van der Waals surface area contributed by atoms with Gasteiger partial charge in [-0.2, -0.15) is 0 Å². The number of nitrogens with zero attached hydrogens (tertiary/aromatic N) is 1. The molecule has 0 radical (unpaired) electrons. The van der Waals surface area contributed by atoms with Gasteiger partial charge in [-0.25, -0.2) is 4.98 Å². The van der Waals surface area contributed by atoms with Gasteiger partial charge in [0, 0.05) is 27.5 Å². The Bertz CT molecular complexity index is 468. The molecule has 2 aromatic rings. The second kappa shape index (κ2) is 5.00. The van der Waals surface area contributed by atoms with Gasteiger partial charge in [-0.1, -0.05) is 34.8 Å². The summed E-state index contributed by atoms with van der Waals surface area (Å²) >= 11 is 17.6. The van der Waals surface area contributed by atoms with Crippen molar-refractivity contribution < 1.29 is 0 Å². The van der Waals surface area contributed by atoms with E-state index in [1.807, 2.05) is 0 Å². The third kappa shape index (κ3) is 3.40. The van der Waals surface area contributed by atoms with Gasteiger partial charge in [0.1, 0.15) is 11.0 Å². The van der Waals surface area contributed by atoms with Crippen LogP contribution in [0.1, 0.15) is 0 Å². The fourth-order valence-electron chi connectivity index (χ4n) is 1.35. The van der Waals surface area contributed by atoms with Crippen LogP contribution >= 0.6 is 34.8 Å². The fraction of sp³-hybridized carbons (Fsp3) is 0. The Balaban J connectivity index is 2.31. The summed E-state index contributed by atoms with van der Waals surface area (Å²) in [6, 6.07) is 8.34. The van der Waals surface area contributed by atoms with E-state index in [0.29, 0.717) is 26.7 Å². The van der Waals surface area contributed by atoms with Crippen LogP contribution in [0.3, 0.4) is 0 Å². The zero-order valence-corrected chi connectivity index (χ0v) is 10.8. The summed E-state index contributed by atoms with van der Waals surface area (Å²) in [5.74, 6) is 0.535. The van der Waals surface area contributed by atoms with Crippen molar-refractivity contribution in [3.05, 3.63) is 45.5 Å². The number of pyridine rings is 1. The van der Waals surface area contributed by atoms with Crippen molar-refractivity contribution in [3.63, 3.8) is 0 Å². The van der Waals surface area contributed by atoms with Crippen LogP contribution in [0.15, 0.2) is 30.3 Å². The van der Waals surface area contributed by atoms with Crippen LogP contribution in [-0.4, -0.2) is 4.98 Å². The molecule has 0 unspecified atom stereocenters. The minimum atomic E-state index is 0.320. The predicted octanol–water partition coefficient (Wildman–Crippen LogP) is 4.37. The van der Waals surface area contributed by atoms with Crippen LogP contribution in [0, 0.1) is 0 Å². The zero-order valence-electron chi connectivity index (χ0n) is 8.55. The molecule has 0 bridgehead atoms. The molecule has 3 nitrogen and oxygen atoms in total. The van der Waals surface area contributed by atoms with Crippen molar-refractivity contribution >= 4 is 52.0 Å². The number of nitrogens with two attached hydrogens (primary N) is 1. The molecule has 0 fully saturated rings. The summed E-state index contributed by atoms with van der Waals surface area (Å²) < 4.78 is 0. The molecule has 88 valence electrons. The van der Waals surface area contributed by atoms with Crippen LogP contribution < -0.4 is 11.1 Å². The fourth-order valence-corrected chi connectivity index (χ4v) is 2.10. The highest BCUT2D eigenvalue weighted by molar-refractivity contribution is 6.35. The number of nitrogens with one attached hydrogen (secondary N) is 1. The molecular formula is C11H8Cl3N3. The monoisotopic (exact) mass is 287 g/mol. The largest absolute Gasteiger partial charge is 0.399 e. The first-order valence-electron chi connectivity index (χ1n) is 4.69. The van der Waals surface area contributed by atoms with Gasteiger partial charge >= 0.3 is 0 Å². The van der Waals surface area contributed by atoms with Gasteiger partial charge in [-0.15, -0.1) is 0 Å². The van der Waals surface area contributed by atoms with Gasteiger partial charge in [0.2, 0.25) is 0 Å². The Morgan fingerprint density at radius 2 is 1.59 bits per heavy atom. The maximum Gasteiger partial charge on any atom is 0.134 e. The van der Waals surface area contributed by atoms with Crippen LogP contribution in [0.4, 0.5) is 17.2 Å². The molecule has 3 N–H and O–H groups in total. The van der Waals surface area contributed by atoms with E-state index in [-0.39, 0.29) is 0 Å². The lowest BCUT2D eigenvalue weighted by molar-refractivity contribution is 1.31. The first kappa shape index (κ1) is 12.3. The number of rotatable bonds is 2. The molecule has 0 amide bonds. The van der Waals surface area contributed by atoms with Crippen molar-refractivity contribution in [2.75, 3.05) is 11.1 Å². The number of nitrogen functional groups attached to an aromatic ring is 1. The van der Waals surface area contributed by atoms with Gasteiger partial charge in [-0.3, -0.25) is 0 Å². The molecule has 0 spiro atoms. The number of benzene rings is 1. The van der Waals surface area contributed by atoms with Crippen molar-refractivity contribution in [2.24, 2.45) is 0 Å². The van der Waals surface area contributed by atoms with E-state index >= 15 is 0 Å². The minimum absolute atomic E-state index is 0.320. The van der Waals surface area contributed by atoms with E-state index < -0.39 is 0 Å². The van der Waals surface area contributed by atoms with Crippen LogP contribution in [0.25, 0.3) is 0 Å². The lowest BCUT2D eigenvalue weighted by Crippen LogP contribution is -1.96. The molecule has 0 saturated heterocycles. The molecule has 6 heteroatoms. The van der Waals surface area contributed by atoms with Crippen molar-refractivity contribution in [3.8, 4) is 0 Å². The number of hydrogen-bond donors (Lipinski definition) is 2. The van der Waals surface area contributed by atoms with Gasteiger partial charge in [0.05, 0.1) is 0 Å². The summed E-state index contributed by atoms with van der Waals surface area (Å²) in [5.41, 5.74) is 6.90. The van der Waals surface area contributed by atoms with Crippen LogP contribution in [-0.2, 0) is 0 Å². The minimum Gasteiger partial charge on any atom is -0.399 e. The number of anilines is 3. The Kier molecular flexibility index (Phi) is 3.62. The quantitative estimate of drug-likeness (QED) is 0.807. The third-order valence-electron chi connectivity index (χ3n) is 1.95. The Morgan fingerprint density at radius 3 is 2.18 bits per heavy atom. The molecule has 0 aliphatic heterocycles. The second-order valence-corrected chi connectivity index (χ2v) is 4.65. The van der Waals surface area contributed by atoms with E-state index in [2.05, 4.69) is 10.3 Å². The molecule has 1 heterocycles. The van der Waals surface area contributed by atoms with E-state index in [0.717, 1.165) is 5.69 Å². The standard InChI is InChI=1S/C11H8Cl3N3/c12-6-1-7(13)3-9(2-6)16-11-5-8(15)4-10(14)17-11/h1-5H,(H3,15,16,17). The molecule has 2 rings (SSSR count). The third-order valence-corrected chi connectivity index (χ3v) is 2.58. The summed E-state index contributed by atoms with van der Waals surface area (Å²) in [4.78, 5) is 4.08. The Labute approximate surface area is 114 Å². The Morgan fingerprint density at radius 1 is 0.941 bits per heavy atom. The SMILES string of the molecule is Nc1cc(Cl)nc(Nc2cc(Cl)cc(Cl)c2)c1. The highest BCUT2D eigenvalue weighted by Crippen LogP contribution is 2.26. The van der Waals surface area contributed by atoms with Gasteiger partial charge < -0.3 is 11.1 Å². The smallest absolute Gasteiger partial charge is 0.134 e. The maximum atomic E-state index is 5.88. The summed E-state index contributed by atoms with van der Waals surface area (Å²) in [6.45, 7) is 0. The van der Waals surface area contributed by atoms with E-state index in [1.165, 1.54) is 0 Å². The second-order valence-electron chi connectivity index (χ2n) is 3.39. The van der Waals surface area contributed by atoms with E-state index in [1.54, 1.807) is 30.3 Å². The van der Waals surface area contributed by atoms with E-state index in [4.69, 9.17) is 40.5 Å². The molecule has 0 atom stereocenters. The van der Waals surface area contributed by atoms with Gasteiger partial charge in [0.15, 0.2) is 0 Å². The predicted molar refractivity (Wildman–Crippen MR) is 73.4 cm³/mol. The summed E-state index contributed by atoms with van der Waals surface area (Å²) in [5, 5.41) is 4.42. The molecular weight excluding hydrogens is 281 g/mol. The summed E-state index contributed by atoms with van der Waals surface area (Å²) in [6.07, 6.45) is 0. The van der Waals surface area contributed by atoms with Crippen molar-refractivity contribution in [2.45, 2.75) is 0 Å². The first-order valence-corrected chi connectivity index (χ1v) is 5.82. The average molecular weight is 289 g/mol. The molecule has 1 aromatic heterocycles. The summed E-state index contributed by atoms with van der Waals surface area (Å²) in [7, 11) is 0. The number of hydrogen-bond acceptors (Lipinski definition) is 3. The highest BCUT2D eigenvalue weighted by Gasteiger charge is 2.02. The number of halogens is 3. The zero-order chi connectivity index (χ0) is 12.4. The van der Waals surface area contributed by atoms with Crippen LogP contribution in [0.5, 0.6) is 0 Å². The average Bonchev–Trinajstić information content (AvgIpc) is 2.13. The lowest BCUT2D eigenvalue weighted by Gasteiger charge is -2.07. The van der Waals surface area contributed by atoms with Gasteiger partial charge in [0.25, 0.3) is 0 Å². The topological polar surface area (TPSA) is 50.9 Å². The number of aromatic nitrogens is 1. The molecule has 1 aromatic carbocycles. The normalized spacial score (nSPS) is 10.3.